The molecule has 0 aromatic heterocycles. The summed E-state index contributed by atoms with van der Waals surface area (Å²) in [5.74, 6) is 0. The topological polar surface area (TPSA) is 51.0 Å². The molecule has 0 aliphatic rings. The molecule has 0 saturated heterocycles. The normalized spacial score (nSPS) is 12.0. The minimum atomic E-state index is -0.0265. The Balaban J connectivity index is 1.79. The third kappa shape index (κ3) is 3.46. The van der Waals surface area contributed by atoms with Crippen LogP contribution in [0.25, 0.3) is 0 Å². The van der Waals surface area contributed by atoms with E-state index in [1.54, 1.807) is 24.3 Å². The van der Waals surface area contributed by atoms with Crippen LogP contribution in [-0.2, 0) is 0 Å². The largest absolute Gasteiger partial charge is 0.623 e. The lowest BCUT2D eigenvalue weighted by molar-refractivity contribution is -0.698. The van der Waals surface area contributed by atoms with Crippen molar-refractivity contribution in [1.29, 1.82) is 0 Å². The van der Waals surface area contributed by atoms with Gasteiger partial charge in [-0.2, -0.15) is 0 Å². The maximum atomic E-state index is 12.5. The Morgan fingerprint density at radius 1 is 0.667 bits per heavy atom. The molecule has 1 unspecified atom stereocenters. The number of rotatable bonds is 4. The molecule has 0 amide bonds. The van der Waals surface area contributed by atoms with Gasteiger partial charge in [-0.15, -0.1) is 0 Å². The van der Waals surface area contributed by atoms with Gasteiger partial charge in [0.2, 0.25) is 0 Å². The maximum Gasteiger partial charge on any atom is 0.136 e. The van der Waals surface area contributed by atoms with Gasteiger partial charge in [0, 0.05) is 24.3 Å². The standard InChI is InChI=1S/C20H20N2O2/c1-15-3-7-17(8-4-15)21(23)19-11-13-20(14-12-19)22(24)18-9-5-16(2)6-10-18/h3-14,21,24H,1-2H3. The summed E-state index contributed by atoms with van der Waals surface area (Å²) < 4.78 is 0. The minimum Gasteiger partial charge on any atom is -0.623 e. The van der Waals surface area contributed by atoms with E-state index in [1.807, 2.05) is 62.4 Å². The predicted octanol–water partition coefficient (Wildman–Crippen LogP) is 4.18. The third-order valence-electron chi connectivity index (χ3n) is 3.97. The van der Waals surface area contributed by atoms with Crippen molar-refractivity contribution in [3.05, 3.63) is 89.1 Å². The van der Waals surface area contributed by atoms with Crippen molar-refractivity contribution in [2.24, 2.45) is 0 Å². The van der Waals surface area contributed by atoms with Crippen LogP contribution in [0.3, 0.4) is 0 Å². The molecular weight excluding hydrogens is 300 g/mol. The fraction of sp³-hybridized carbons (Fsp3) is 0.100. The zero-order valence-corrected chi connectivity index (χ0v) is 13.7. The molecule has 0 aliphatic carbocycles. The molecule has 0 bridgehead atoms. The first-order valence-corrected chi connectivity index (χ1v) is 7.82. The Kier molecular flexibility index (Phi) is 4.62. The molecule has 122 valence electrons. The van der Waals surface area contributed by atoms with Gasteiger partial charge >= 0.3 is 0 Å². The van der Waals surface area contributed by atoms with Crippen LogP contribution in [0.4, 0.5) is 22.7 Å². The second kappa shape index (κ2) is 6.84. The summed E-state index contributed by atoms with van der Waals surface area (Å²) in [6, 6.07) is 22.0. The average Bonchev–Trinajstić information content (AvgIpc) is 2.62. The number of aryl methyl sites for hydroxylation is 2. The van der Waals surface area contributed by atoms with E-state index in [0.717, 1.165) is 16.2 Å². The molecule has 0 fully saturated rings. The zero-order valence-electron chi connectivity index (χ0n) is 13.7. The van der Waals surface area contributed by atoms with Crippen LogP contribution in [0.5, 0.6) is 0 Å². The van der Waals surface area contributed by atoms with Crippen molar-refractivity contribution < 1.29 is 10.3 Å². The Morgan fingerprint density at radius 2 is 1.00 bits per heavy atom. The van der Waals surface area contributed by atoms with Crippen LogP contribution in [0.15, 0.2) is 72.8 Å². The van der Waals surface area contributed by atoms with Gasteiger partial charge in [0.25, 0.3) is 0 Å². The van der Waals surface area contributed by atoms with E-state index in [-0.39, 0.29) is 5.06 Å². The minimum absolute atomic E-state index is 0.0265. The molecule has 0 radical (unpaired) electrons. The van der Waals surface area contributed by atoms with Gasteiger partial charge in [-0.3, -0.25) is 5.21 Å². The van der Waals surface area contributed by atoms with Crippen LogP contribution < -0.4 is 10.1 Å². The summed E-state index contributed by atoms with van der Waals surface area (Å²) >= 11 is 0. The van der Waals surface area contributed by atoms with Crippen LogP contribution >= 0.6 is 0 Å². The Hall–Kier alpha value is -2.66. The number of hydrogen-bond donors (Lipinski definition) is 2. The second-order valence-corrected chi connectivity index (χ2v) is 5.89. The van der Waals surface area contributed by atoms with Gasteiger partial charge in [0.05, 0.1) is 11.4 Å². The lowest BCUT2D eigenvalue weighted by Crippen LogP contribution is -2.96. The molecule has 3 rings (SSSR count). The summed E-state index contributed by atoms with van der Waals surface area (Å²) in [6.07, 6.45) is 0. The molecule has 0 saturated carbocycles. The first kappa shape index (κ1) is 16.2. The fourth-order valence-corrected chi connectivity index (χ4v) is 2.46. The SMILES string of the molecule is Cc1ccc(N(O)c2ccc([NH+]([O-])c3ccc(C)cc3)cc2)cc1. The highest BCUT2D eigenvalue weighted by atomic mass is 16.5. The van der Waals surface area contributed by atoms with Gasteiger partial charge in [0.15, 0.2) is 0 Å². The highest BCUT2D eigenvalue weighted by molar-refractivity contribution is 5.61. The summed E-state index contributed by atoms with van der Waals surface area (Å²) in [5.41, 5.74) is 4.80. The highest BCUT2D eigenvalue weighted by Crippen LogP contribution is 2.24. The quantitative estimate of drug-likeness (QED) is 0.709. The predicted molar refractivity (Wildman–Crippen MR) is 96.4 cm³/mol. The number of nitrogens with one attached hydrogen (secondary N) is 1. The smallest absolute Gasteiger partial charge is 0.136 e. The van der Waals surface area contributed by atoms with Crippen molar-refractivity contribution in [3.8, 4) is 0 Å². The van der Waals surface area contributed by atoms with Crippen LogP contribution in [0, 0.1) is 19.1 Å². The van der Waals surface area contributed by atoms with E-state index in [1.165, 1.54) is 0 Å². The molecule has 24 heavy (non-hydrogen) atoms. The van der Waals surface area contributed by atoms with E-state index < -0.39 is 0 Å². The Morgan fingerprint density at radius 3 is 1.46 bits per heavy atom. The molecule has 3 aromatic rings. The molecule has 4 heteroatoms. The van der Waals surface area contributed by atoms with Gasteiger partial charge in [-0.25, -0.2) is 5.06 Å². The summed E-state index contributed by atoms with van der Waals surface area (Å²) in [4.78, 5) is 0. The monoisotopic (exact) mass is 320 g/mol. The van der Waals surface area contributed by atoms with Crippen molar-refractivity contribution in [3.63, 3.8) is 0 Å². The molecule has 0 aliphatic heterocycles. The van der Waals surface area contributed by atoms with Crippen LogP contribution in [0.2, 0.25) is 0 Å². The van der Waals surface area contributed by atoms with E-state index in [9.17, 15) is 10.4 Å². The van der Waals surface area contributed by atoms with Crippen molar-refractivity contribution in [2.45, 2.75) is 13.8 Å². The summed E-state index contributed by atoms with van der Waals surface area (Å²) in [6.45, 7) is 3.99. The summed E-state index contributed by atoms with van der Waals surface area (Å²) in [7, 11) is 0. The Labute approximate surface area is 141 Å². The van der Waals surface area contributed by atoms with Gasteiger partial charge in [-0.05, 0) is 38.1 Å². The van der Waals surface area contributed by atoms with Gasteiger partial charge in [0.1, 0.15) is 11.4 Å². The average molecular weight is 320 g/mol. The fourth-order valence-electron chi connectivity index (χ4n) is 2.46. The molecule has 1 atom stereocenters. The number of hydrogen-bond acceptors (Lipinski definition) is 3. The molecule has 0 heterocycles. The van der Waals surface area contributed by atoms with Crippen molar-refractivity contribution in [1.82, 2.24) is 0 Å². The first-order chi connectivity index (χ1) is 11.5. The van der Waals surface area contributed by atoms with Gasteiger partial charge in [-0.1, -0.05) is 35.4 Å². The first-order valence-electron chi connectivity index (χ1n) is 7.82. The van der Waals surface area contributed by atoms with Crippen LogP contribution in [-0.4, -0.2) is 5.21 Å². The van der Waals surface area contributed by atoms with E-state index >= 15 is 0 Å². The third-order valence-corrected chi connectivity index (χ3v) is 3.97. The van der Waals surface area contributed by atoms with E-state index in [4.69, 9.17) is 0 Å². The number of anilines is 2. The highest BCUT2D eigenvalue weighted by Gasteiger charge is 2.10. The molecule has 4 nitrogen and oxygen atoms in total. The van der Waals surface area contributed by atoms with Crippen LogP contribution in [0.1, 0.15) is 11.1 Å². The van der Waals surface area contributed by atoms with Crippen molar-refractivity contribution in [2.75, 3.05) is 5.06 Å². The lowest BCUT2D eigenvalue weighted by Gasteiger charge is -2.22. The summed E-state index contributed by atoms with van der Waals surface area (Å²) in [5, 5.41) is 23.9. The number of quaternary nitrogens is 1. The zero-order chi connectivity index (χ0) is 17.1. The van der Waals surface area contributed by atoms with E-state index in [2.05, 4.69) is 0 Å². The number of benzene rings is 3. The molecule has 2 N–H and O–H groups in total. The maximum absolute atomic E-state index is 12.5. The molecule has 3 aromatic carbocycles. The lowest BCUT2D eigenvalue weighted by atomic mass is 10.2. The van der Waals surface area contributed by atoms with E-state index in [0.29, 0.717) is 22.7 Å². The molecule has 0 spiro atoms. The number of nitrogens with zero attached hydrogens (tertiary/aromatic N) is 1. The molecular formula is C20H20N2O2. The van der Waals surface area contributed by atoms with Crippen molar-refractivity contribution >= 4 is 22.7 Å². The van der Waals surface area contributed by atoms with Gasteiger partial charge < -0.3 is 10.3 Å². The Bertz CT molecular complexity index is 726. The second-order valence-electron chi connectivity index (χ2n) is 5.89.